The summed E-state index contributed by atoms with van der Waals surface area (Å²) in [6, 6.07) is 0. The Balaban J connectivity index is 2.23. The fourth-order valence-corrected chi connectivity index (χ4v) is 4.30. The molecule has 2 aromatic rings. The van der Waals surface area contributed by atoms with Gasteiger partial charge < -0.3 is 4.98 Å². The third-order valence-electron chi connectivity index (χ3n) is 3.83. The number of nitrogens with one attached hydrogen (secondary N) is 1. The fourth-order valence-electron chi connectivity index (χ4n) is 2.71. The number of H-pyrrole nitrogens is 1. The Morgan fingerprint density at radius 2 is 2.21 bits per heavy atom. The summed E-state index contributed by atoms with van der Waals surface area (Å²) in [5, 5.41) is 0.518. The number of hydrogen-bond donors (Lipinski definition) is 1. The third-order valence-corrected chi connectivity index (χ3v) is 5.16. The number of alkyl halides is 1. The first kappa shape index (κ1) is 13.1. The zero-order chi connectivity index (χ0) is 13.8. The SMILES string of the molecule is CC(Cl)c1nc2sc3c(c2c(=O)[nH]1)CCC(C)(C)C3. The van der Waals surface area contributed by atoms with Gasteiger partial charge in [-0.15, -0.1) is 22.9 Å². The van der Waals surface area contributed by atoms with Gasteiger partial charge in [0.15, 0.2) is 0 Å². The van der Waals surface area contributed by atoms with E-state index in [1.165, 1.54) is 10.4 Å². The summed E-state index contributed by atoms with van der Waals surface area (Å²) in [5.74, 6) is 0.567. The van der Waals surface area contributed by atoms with Crippen molar-refractivity contribution >= 4 is 33.2 Å². The topological polar surface area (TPSA) is 45.8 Å². The van der Waals surface area contributed by atoms with E-state index < -0.39 is 0 Å². The second kappa shape index (κ2) is 4.32. The molecule has 0 aromatic carbocycles. The lowest BCUT2D eigenvalue weighted by Gasteiger charge is -2.29. The van der Waals surface area contributed by atoms with Crippen LogP contribution in [0.15, 0.2) is 4.79 Å². The zero-order valence-electron chi connectivity index (χ0n) is 11.3. The maximum atomic E-state index is 12.3. The highest BCUT2D eigenvalue weighted by Gasteiger charge is 2.29. The van der Waals surface area contributed by atoms with Crippen LogP contribution < -0.4 is 5.56 Å². The average Bonchev–Trinajstić information content (AvgIpc) is 2.64. The summed E-state index contributed by atoms with van der Waals surface area (Å²) in [4.78, 5) is 21.7. The molecular formula is C14H17ClN2OS. The number of aromatic nitrogens is 2. The molecule has 2 aromatic heterocycles. The molecule has 0 amide bonds. The van der Waals surface area contributed by atoms with E-state index in [9.17, 15) is 4.79 Å². The van der Waals surface area contributed by atoms with Crippen molar-refractivity contribution < 1.29 is 0 Å². The van der Waals surface area contributed by atoms with Crippen molar-refractivity contribution in [3.63, 3.8) is 0 Å². The van der Waals surface area contributed by atoms with Gasteiger partial charge in [0, 0.05) is 4.88 Å². The van der Waals surface area contributed by atoms with Crippen LogP contribution in [0.3, 0.4) is 0 Å². The second-order valence-corrected chi connectivity index (χ2v) is 7.83. The summed E-state index contributed by atoms with van der Waals surface area (Å²) in [7, 11) is 0. The molecule has 1 aliphatic carbocycles. The highest BCUT2D eigenvalue weighted by Crippen LogP contribution is 2.41. The summed E-state index contributed by atoms with van der Waals surface area (Å²) >= 11 is 7.68. The predicted octanol–water partition coefficient (Wildman–Crippen LogP) is 3.80. The van der Waals surface area contributed by atoms with E-state index in [2.05, 4.69) is 23.8 Å². The Hall–Kier alpha value is -0.870. The molecule has 0 aliphatic heterocycles. The lowest BCUT2D eigenvalue weighted by atomic mass is 9.77. The van der Waals surface area contributed by atoms with Crippen LogP contribution in [0.1, 0.15) is 48.8 Å². The molecule has 0 fully saturated rings. The van der Waals surface area contributed by atoms with Crippen LogP contribution in [0.4, 0.5) is 0 Å². The lowest BCUT2D eigenvalue weighted by molar-refractivity contribution is 0.320. The highest BCUT2D eigenvalue weighted by molar-refractivity contribution is 7.18. The first-order valence-corrected chi connectivity index (χ1v) is 7.81. The maximum Gasteiger partial charge on any atom is 0.259 e. The van der Waals surface area contributed by atoms with E-state index in [1.807, 2.05) is 6.92 Å². The number of hydrogen-bond acceptors (Lipinski definition) is 3. The summed E-state index contributed by atoms with van der Waals surface area (Å²) in [6.45, 7) is 6.39. The molecule has 3 nitrogen and oxygen atoms in total. The molecule has 3 rings (SSSR count). The molecule has 102 valence electrons. The Bertz CT molecular complexity index is 699. The minimum absolute atomic E-state index is 0.0373. The van der Waals surface area contributed by atoms with Crippen LogP contribution in [0, 0.1) is 5.41 Å². The van der Waals surface area contributed by atoms with Gasteiger partial charge in [-0.3, -0.25) is 4.79 Å². The lowest BCUT2D eigenvalue weighted by Crippen LogP contribution is -2.21. The Kier molecular flexibility index (Phi) is 2.98. The molecule has 1 unspecified atom stereocenters. The Morgan fingerprint density at radius 1 is 1.47 bits per heavy atom. The zero-order valence-corrected chi connectivity index (χ0v) is 12.9. The Morgan fingerprint density at radius 3 is 2.89 bits per heavy atom. The standard InChI is InChI=1S/C14H17ClN2OS/c1-7(15)11-16-12(18)10-8-4-5-14(2,3)6-9(8)19-13(10)17-11/h7H,4-6H2,1-3H3,(H,16,17,18). The van der Waals surface area contributed by atoms with E-state index in [-0.39, 0.29) is 10.9 Å². The number of thiophene rings is 1. The summed E-state index contributed by atoms with van der Waals surface area (Å²) < 4.78 is 0. The number of rotatable bonds is 1. The first-order valence-electron chi connectivity index (χ1n) is 6.56. The normalized spacial score (nSPS) is 19.4. The summed E-state index contributed by atoms with van der Waals surface area (Å²) in [6.07, 6.45) is 3.14. The minimum Gasteiger partial charge on any atom is -0.309 e. The number of aryl methyl sites for hydroxylation is 1. The van der Waals surface area contributed by atoms with Crippen LogP contribution in [0.2, 0.25) is 0 Å². The number of aromatic amines is 1. The van der Waals surface area contributed by atoms with Crippen molar-refractivity contribution in [1.29, 1.82) is 0 Å². The molecule has 0 saturated heterocycles. The molecule has 0 spiro atoms. The number of fused-ring (bicyclic) bond motifs is 3. The van der Waals surface area contributed by atoms with Gasteiger partial charge in [0.25, 0.3) is 5.56 Å². The van der Waals surface area contributed by atoms with Gasteiger partial charge in [-0.25, -0.2) is 4.98 Å². The van der Waals surface area contributed by atoms with E-state index >= 15 is 0 Å². The molecule has 1 atom stereocenters. The van der Waals surface area contributed by atoms with E-state index in [0.29, 0.717) is 11.2 Å². The Labute approximate surface area is 121 Å². The van der Waals surface area contributed by atoms with Gasteiger partial charge in [0.1, 0.15) is 10.7 Å². The third kappa shape index (κ3) is 2.21. The molecular weight excluding hydrogens is 280 g/mol. The van der Waals surface area contributed by atoms with Crippen LogP contribution in [-0.2, 0) is 12.8 Å². The van der Waals surface area contributed by atoms with Crippen LogP contribution in [-0.4, -0.2) is 9.97 Å². The maximum absolute atomic E-state index is 12.3. The van der Waals surface area contributed by atoms with Gasteiger partial charge in [-0.2, -0.15) is 0 Å². The monoisotopic (exact) mass is 296 g/mol. The largest absolute Gasteiger partial charge is 0.309 e. The molecule has 5 heteroatoms. The molecule has 0 bridgehead atoms. The van der Waals surface area contributed by atoms with E-state index in [4.69, 9.17) is 11.6 Å². The van der Waals surface area contributed by atoms with Crippen molar-refractivity contribution in [3.8, 4) is 0 Å². The molecule has 1 N–H and O–H groups in total. The van der Waals surface area contributed by atoms with Crippen molar-refractivity contribution in [1.82, 2.24) is 9.97 Å². The van der Waals surface area contributed by atoms with Gasteiger partial charge in [-0.1, -0.05) is 13.8 Å². The molecule has 19 heavy (non-hydrogen) atoms. The first-order chi connectivity index (χ1) is 8.87. The van der Waals surface area contributed by atoms with Gasteiger partial charge in [0.2, 0.25) is 0 Å². The van der Waals surface area contributed by atoms with Crippen molar-refractivity contribution in [2.75, 3.05) is 0 Å². The number of nitrogens with zero attached hydrogens (tertiary/aromatic N) is 1. The van der Waals surface area contributed by atoms with Gasteiger partial charge in [0.05, 0.1) is 10.8 Å². The van der Waals surface area contributed by atoms with Crippen molar-refractivity contribution in [3.05, 3.63) is 26.6 Å². The molecule has 0 saturated carbocycles. The summed E-state index contributed by atoms with van der Waals surface area (Å²) in [5.41, 5.74) is 1.50. The van der Waals surface area contributed by atoms with Crippen LogP contribution in [0.25, 0.3) is 10.2 Å². The second-order valence-electron chi connectivity index (χ2n) is 6.09. The molecule has 1 aliphatic rings. The van der Waals surface area contributed by atoms with Crippen molar-refractivity contribution in [2.45, 2.75) is 45.4 Å². The molecule has 2 heterocycles. The molecule has 0 radical (unpaired) electrons. The quantitative estimate of drug-likeness (QED) is 0.814. The van der Waals surface area contributed by atoms with Gasteiger partial charge in [-0.05, 0) is 37.2 Å². The minimum atomic E-state index is -0.271. The predicted molar refractivity (Wildman–Crippen MR) is 80.3 cm³/mol. The van der Waals surface area contributed by atoms with E-state index in [0.717, 1.165) is 29.5 Å². The average molecular weight is 297 g/mol. The highest BCUT2D eigenvalue weighted by atomic mass is 35.5. The van der Waals surface area contributed by atoms with E-state index in [1.54, 1.807) is 11.3 Å². The fraction of sp³-hybridized carbons (Fsp3) is 0.571. The smallest absolute Gasteiger partial charge is 0.259 e. The van der Waals surface area contributed by atoms with Crippen molar-refractivity contribution in [2.24, 2.45) is 5.41 Å². The van der Waals surface area contributed by atoms with Crippen LogP contribution >= 0.6 is 22.9 Å². The van der Waals surface area contributed by atoms with Crippen LogP contribution in [0.5, 0.6) is 0 Å². The van der Waals surface area contributed by atoms with Gasteiger partial charge >= 0.3 is 0 Å². The number of halogens is 1.